The zero-order valence-corrected chi connectivity index (χ0v) is 9.45. The zero-order chi connectivity index (χ0) is 11.1. The highest BCUT2D eigenvalue weighted by Gasteiger charge is 2.24. The quantitative estimate of drug-likeness (QED) is 0.665. The monoisotopic (exact) mass is 215 g/mol. The number of hydrogen-bond donors (Lipinski definition) is 1. The first-order valence-electron chi connectivity index (χ1n) is 5.78. The van der Waals surface area contributed by atoms with Crippen LogP contribution < -0.4 is 0 Å². The maximum absolute atomic E-state index is 11.3. The summed E-state index contributed by atoms with van der Waals surface area (Å²) < 4.78 is 4.92. The Morgan fingerprint density at radius 3 is 2.67 bits per heavy atom. The van der Waals surface area contributed by atoms with Gasteiger partial charge in [-0.2, -0.15) is 0 Å². The van der Waals surface area contributed by atoms with Gasteiger partial charge in [-0.3, -0.25) is 9.69 Å². The number of aliphatic hydroxyl groups is 1. The number of ether oxygens (including phenoxy) is 1. The summed E-state index contributed by atoms with van der Waals surface area (Å²) in [5.74, 6) is -0.183. The van der Waals surface area contributed by atoms with Crippen molar-refractivity contribution in [3.63, 3.8) is 0 Å². The van der Waals surface area contributed by atoms with Crippen molar-refractivity contribution in [3.05, 3.63) is 0 Å². The van der Waals surface area contributed by atoms with Gasteiger partial charge in [-0.1, -0.05) is 12.8 Å². The van der Waals surface area contributed by atoms with Gasteiger partial charge in [0, 0.05) is 12.6 Å². The lowest BCUT2D eigenvalue weighted by atomic mass is 10.2. The topological polar surface area (TPSA) is 49.8 Å². The molecule has 0 aromatic carbocycles. The number of rotatable bonds is 6. The number of nitrogens with zero attached hydrogens (tertiary/aromatic N) is 1. The van der Waals surface area contributed by atoms with Crippen LogP contribution in [0.4, 0.5) is 0 Å². The minimum atomic E-state index is -0.183. The Hall–Kier alpha value is -0.610. The van der Waals surface area contributed by atoms with Gasteiger partial charge < -0.3 is 9.84 Å². The summed E-state index contributed by atoms with van der Waals surface area (Å²) in [6, 6.07) is 0.460. The molecule has 0 heterocycles. The van der Waals surface area contributed by atoms with Crippen molar-refractivity contribution in [2.75, 3.05) is 26.3 Å². The molecule has 0 bridgehead atoms. The van der Waals surface area contributed by atoms with Gasteiger partial charge in [-0.15, -0.1) is 0 Å². The highest BCUT2D eigenvalue weighted by molar-refractivity contribution is 5.71. The maximum Gasteiger partial charge on any atom is 0.320 e. The second-order valence-corrected chi connectivity index (χ2v) is 3.94. The van der Waals surface area contributed by atoms with E-state index in [0.717, 1.165) is 12.8 Å². The highest BCUT2D eigenvalue weighted by atomic mass is 16.5. The lowest BCUT2D eigenvalue weighted by Gasteiger charge is -2.26. The lowest BCUT2D eigenvalue weighted by Crippen LogP contribution is -2.40. The van der Waals surface area contributed by atoms with Crippen LogP contribution in [0.25, 0.3) is 0 Å². The first-order valence-corrected chi connectivity index (χ1v) is 5.78. The molecule has 1 aliphatic rings. The summed E-state index contributed by atoms with van der Waals surface area (Å²) in [7, 11) is 0. The Balaban J connectivity index is 2.38. The lowest BCUT2D eigenvalue weighted by molar-refractivity contribution is -0.145. The Bertz CT molecular complexity index is 190. The fourth-order valence-corrected chi connectivity index (χ4v) is 2.16. The molecule has 0 atom stereocenters. The van der Waals surface area contributed by atoms with Crippen LogP contribution in [0, 0.1) is 0 Å². The van der Waals surface area contributed by atoms with E-state index in [1.165, 1.54) is 12.8 Å². The molecule has 4 heteroatoms. The van der Waals surface area contributed by atoms with Crippen molar-refractivity contribution < 1.29 is 14.6 Å². The molecule has 0 aromatic heterocycles. The van der Waals surface area contributed by atoms with Crippen LogP contribution in [0.3, 0.4) is 0 Å². The highest BCUT2D eigenvalue weighted by Crippen LogP contribution is 2.23. The van der Waals surface area contributed by atoms with E-state index in [1.54, 1.807) is 0 Å². The largest absolute Gasteiger partial charge is 0.465 e. The van der Waals surface area contributed by atoms with Crippen LogP contribution in [0.2, 0.25) is 0 Å². The van der Waals surface area contributed by atoms with E-state index in [-0.39, 0.29) is 12.6 Å². The van der Waals surface area contributed by atoms with Gasteiger partial charge in [0.2, 0.25) is 0 Å². The Morgan fingerprint density at radius 2 is 2.13 bits per heavy atom. The molecule has 1 rings (SSSR count). The standard InChI is InChI=1S/C11H21NO3/c1-2-15-11(14)9-12(7-8-13)10-5-3-4-6-10/h10,13H,2-9H2,1H3. The molecular formula is C11H21NO3. The molecule has 4 nitrogen and oxygen atoms in total. The van der Waals surface area contributed by atoms with E-state index in [9.17, 15) is 4.79 Å². The van der Waals surface area contributed by atoms with Gasteiger partial charge in [0.25, 0.3) is 0 Å². The molecule has 0 aliphatic heterocycles. The Kier molecular flexibility index (Phi) is 5.65. The number of carbonyl (C=O) groups excluding carboxylic acids is 1. The van der Waals surface area contributed by atoms with E-state index in [1.807, 2.05) is 11.8 Å². The summed E-state index contributed by atoms with van der Waals surface area (Å²) in [6.45, 7) is 3.23. The molecule has 1 N–H and O–H groups in total. The number of esters is 1. The predicted molar refractivity (Wildman–Crippen MR) is 57.5 cm³/mol. The van der Waals surface area contributed by atoms with Crippen molar-refractivity contribution in [1.29, 1.82) is 0 Å². The van der Waals surface area contributed by atoms with Gasteiger partial charge >= 0.3 is 5.97 Å². The molecular weight excluding hydrogens is 194 g/mol. The summed E-state index contributed by atoms with van der Waals surface area (Å²) in [4.78, 5) is 13.4. The smallest absolute Gasteiger partial charge is 0.320 e. The second kappa shape index (κ2) is 6.80. The average molecular weight is 215 g/mol. The van der Waals surface area contributed by atoms with Crippen LogP contribution in [0.1, 0.15) is 32.6 Å². The molecule has 0 aromatic rings. The first kappa shape index (κ1) is 12.5. The number of aliphatic hydroxyl groups excluding tert-OH is 1. The van der Waals surface area contributed by atoms with Crippen LogP contribution in [0.15, 0.2) is 0 Å². The van der Waals surface area contributed by atoms with Gasteiger partial charge in [-0.05, 0) is 19.8 Å². The third kappa shape index (κ3) is 4.18. The third-order valence-corrected chi connectivity index (χ3v) is 2.87. The molecule has 1 fully saturated rings. The van der Waals surface area contributed by atoms with Crippen LogP contribution >= 0.6 is 0 Å². The maximum atomic E-state index is 11.3. The SMILES string of the molecule is CCOC(=O)CN(CCO)C1CCCC1. The fraction of sp³-hybridized carbons (Fsp3) is 0.909. The normalized spacial score (nSPS) is 17.3. The van der Waals surface area contributed by atoms with Crippen molar-refractivity contribution in [2.45, 2.75) is 38.6 Å². The minimum Gasteiger partial charge on any atom is -0.465 e. The molecule has 1 aliphatic carbocycles. The fourth-order valence-electron chi connectivity index (χ4n) is 2.16. The Labute approximate surface area is 91.2 Å². The van der Waals surface area contributed by atoms with Crippen molar-refractivity contribution in [1.82, 2.24) is 4.90 Å². The number of carbonyl (C=O) groups is 1. The van der Waals surface area contributed by atoms with E-state index < -0.39 is 0 Å². The van der Waals surface area contributed by atoms with E-state index >= 15 is 0 Å². The van der Waals surface area contributed by atoms with Crippen LogP contribution in [0.5, 0.6) is 0 Å². The van der Waals surface area contributed by atoms with Crippen molar-refractivity contribution in [2.24, 2.45) is 0 Å². The molecule has 15 heavy (non-hydrogen) atoms. The Morgan fingerprint density at radius 1 is 1.47 bits per heavy atom. The molecule has 0 radical (unpaired) electrons. The summed E-state index contributed by atoms with van der Waals surface area (Å²) in [6.07, 6.45) is 4.74. The van der Waals surface area contributed by atoms with Gasteiger partial charge in [-0.25, -0.2) is 0 Å². The first-order chi connectivity index (χ1) is 7.27. The molecule has 0 unspecified atom stereocenters. The molecule has 0 saturated heterocycles. The molecule has 1 saturated carbocycles. The van der Waals surface area contributed by atoms with Gasteiger partial charge in [0.15, 0.2) is 0 Å². The summed E-state index contributed by atoms with van der Waals surface area (Å²) >= 11 is 0. The van der Waals surface area contributed by atoms with E-state index in [4.69, 9.17) is 9.84 Å². The van der Waals surface area contributed by atoms with Gasteiger partial charge in [0.1, 0.15) is 0 Å². The van der Waals surface area contributed by atoms with Gasteiger partial charge in [0.05, 0.1) is 19.8 Å². The van der Waals surface area contributed by atoms with Crippen LogP contribution in [-0.2, 0) is 9.53 Å². The zero-order valence-electron chi connectivity index (χ0n) is 9.45. The predicted octanol–water partition coefficient (Wildman–Crippen LogP) is 0.786. The third-order valence-electron chi connectivity index (χ3n) is 2.87. The second-order valence-electron chi connectivity index (χ2n) is 3.94. The minimum absolute atomic E-state index is 0.107. The molecule has 0 amide bonds. The molecule has 0 spiro atoms. The summed E-state index contributed by atoms with van der Waals surface area (Å²) in [5.41, 5.74) is 0. The average Bonchev–Trinajstić information content (AvgIpc) is 2.70. The summed E-state index contributed by atoms with van der Waals surface area (Å²) in [5, 5.41) is 8.95. The van der Waals surface area contributed by atoms with Crippen molar-refractivity contribution in [3.8, 4) is 0 Å². The van der Waals surface area contributed by atoms with E-state index in [0.29, 0.717) is 25.7 Å². The van der Waals surface area contributed by atoms with E-state index in [2.05, 4.69) is 0 Å². The van der Waals surface area contributed by atoms with Crippen molar-refractivity contribution >= 4 is 5.97 Å². The van der Waals surface area contributed by atoms with Crippen LogP contribution in [-0.4, -0.2) is 48.3 Å². The number of hydrogen-bond acceptors (Lipinski definition) is 4. The molecule has 88 valence electrons.